The topological polar surface area (TPSA) is 67.9 Å². The lowest BCUT2D eigenvalue weighted by atomic mass is 9.87. The average Bonchev–Trinajstić information content (AvgIpc) is 3.33. The third-order valence-electron chi connectivity index (χ3n) is 6.53. The number of rotatable bonds is 7. The first kappa shape index (κ1) is 24.3. The van der Waals surface area contributed by atoms with Gasteiger partial charge in [-0.3, -0.25) is 9.59 Å². The summed E-state index contributed by atoms with van der Waals surface area (Å²) in [6.45, 7) is 2.81. The molecule has 1 aliphatic rings. The van der Waals surface area contributed by atoms with Crippen LogP contribution in [0.4, 0.5) is 4.39 Å². The highest BCUT2D eigenvalue weighted by Crippen LogP contribution is 2.42. The zero-order valence-corrected chi connectivity index (χ0v) is 20.1. The molecule has 2 amide bonds. The van der Waals surface area contributed by atoms with Gasteiger partial charge in [-0.25, -0.2) is 4.39 Å². The fraction of sp³-hybridized carbons (Fsp3) is 0.286. The van der Waals surface area contributed by atoms with E-state index in [0.29, 0.717) is 23.6 Å². The van der Waals surface area contributed by atoms with Gasteiger partial charge in [-0.05, 0) is 42.3 Å². The maximum Gasteiger partial charge on any atom is 0.254 e. The molecule has 0 aliphatic carbocycles. The first-order chi connectivity index (χ1) is 16.9. The lowest BCUT2D eigenvalue weighted by molar-refractivity contribution is -0.125. The number of carbonyl (C=O) groups excluding carboxylic acids is 2. The van der Waals surface area contributed by atoms with E-state index in [4.69, 9.17) is 9.47 Å². The Morgan fingerprint density at radius 3 is 2.40 bits per heavy atom. The van der Waals surface area contributed by atoms with Gasteiger partial charge in [0.25, 0.3) is 5.91 Å². The van der Waals surface area contributed by atoms with Crippen LogP contribution in [-0.2, 0) is 11.3 Å². The fourth-order valence-electron chi connectivity index (χ4n) is 4.66. The summed E-state index contributed by atoms with van der Waals surface area (Å²) in [5, 5.41) is 2.97. The molecule has 6 nitrogen and oxygen atoms in total. The molecule has 1 N–H and O–H groups in total. The number of hydrogen-bond donors (Lipinski definition) is 1. The van der Waals surface area contributed by atoms with Crippen molar-refractivity contribution in [2.75, 3.05) is 27.3 Å². The van der Waals surface area contributed by atoms with Crippen LogP contribution in [0.5, 0.6) is 11.5 Å². The summed E-state index contributed by atoms with van der Waals surface area (Å²) in [5.41, 5.74) is 3.11. The van der Waals surface area contributed by atoms with Crippen LogP contribution < -0.4 is 14.8 Å². The molecule has 0 spiro atoms. The van der Waals surface area contributed by atoms with E-state index in [9.17, 15) is 14.0 Å². The van der Waals surface area contributed by atoms with Gasteiger partial charge >= 0.3 is 0 Å². The highest BCUT2D eigenvalue weighted by atomic mass is 19.1. The molecule has 0 radical (unpaired) electrons. The molecule has 4 rings (SSSR count). The SMILES string of the molecule is COc1cccc([C@H]2CN(C(=O)c3ccccc3C)C[C@@H]2C(=O)NCc2ccc(F)cc2)c1OC. The molecule has 1 heterocycles. The van der Waals surface area contributed by atoms with Crippen molar-refractivity contribution in [2.24, 2.45) is 5.92 Å². The summed E-state index contributed by atoms with van der Waals surface area (Å²) in [6.07, 6.45) is 0. The third-order valence-corrected chi connectivity index (χ3v) is 6.53. The standard InChI is InChI=1S/C28H29FN2O4/c1-18-7-4-5-8-21(18)28(33)31-16-23(22-9-6-10-25(34-2)26(22)35-3)24(17-31)27(32)30-15-19-11-13-20(29)14-12-19/h4-14,23-24H,15-17H2,1-3H3,(H,30,32)/t23-,24+/m1/s1. The van der Waals surface area contributed by atoms with Gasteiger partial charge in [0.2, 0.25) is 5.91 Å². The number of carbonyl (C=O) groups is 2. The maximum atomic E-state index is 13.4. The number of nitrogens with one attached hydrogen (secondary N) is 1. The lowest BCUT2D eigenvalue weighted by Crippen LogP contribution is -2.35. The number of hydrogen-bond acceptors (Lipinski definition) is 4. The van der Waals surface area contributed by atoms with Crippen molar-refractivity contribution in [1.82, 2.24) is 10.2 Å². The Balaban J connectivity index is 1.63. The van der Waals surface area contributed by atoms with Crippen molar-refractivity contribution in [2.45, 2.75) is 19.4 Å². The Bertz CT molecular complexity index is 1210. The summed E-state index contributed by atoms with van der Waals surface area (Å²) < 4.78 is 24.4. The first-order valence-corrected chi connectivity index (χ1v) is 11.5. The normalized spacial score (nSPS) is 17.2. The molecule has 3 aromatic carbocycles. The minimum absolute atomic E-state index is 0.108. The van der Waals surface area contributed by atoms with Crippen molar-refractivity contribution in [3.63, 3.8) is 0 Å². The van der Waals surface area contributed by atoms with Crippen LogP contribution in [0.3, 0.4) is 0 Å². The number of para-hydroxylation sites is 1. The molecule has 0 aromatic heterocycles. The van der Waals surface area contributed by atoms with Crippen molar-refractivity contribution in [1.29, 1.82) is 0 Å². The predicted octanol–water partition coefficient (Wildman–Crippen LogP) is 4.32. The predicted molar refractivity (Wildman–Crippen MR) is 131 cm³/mol. The molecule has 0 bridgehead atoms. The molecular weight excluding hydrogens is 447 g/mol. The Morgan fingerprint density at radius 2 is 1.71 bits per heavy atom. The van der Waals surface area contributed by atoms with Crippen LogP contribution in [-0.4, -0.2) is 44.0 Å². The highest BCUT2D eigenvalue weighted by Gasteiger charge is 2.42. The monoisotopic (exact) mass is 476 g/mol. The van der Waals surface area contributed by atoms with E-state index in [1.165, 1.54) is 12.1 Å². The van der Waals surface area contributed by atoms with Gasteiger partial charge in [-0.15, -0.1) is 0 Å². The van der Waals surface area contributed by atoms with E-state index in [2.05, 4.69) is 5.32 Å². The zero-order valence-electron chi connectivity index (χ0n) is 20.1. The number of halogens is 1. The van der Waals surface area contributed by atoms with Gasteiger partial charge in [0.1, 0.15) is 5.82 Å². The molecule has 1 aliphatic heterocycles. The van der Waals surface area contributed by atoms with E-state index < -0.39 is 5.92 Å². The van der Waals surface area contributed by atoms with Gasteiger partial charge in [-0.2, -0.15) is 0 Å². The van der Waals surface area contributed by atoms with Crippen LogP contribution in [0.1, 0.15) is 33.0 Å². The molecule has 7 heteroatoms. The number of benzene rings is 3. The zero-order chi connectivity index (χ0) is 24.9. The van der Waals surface area contributed by atoms with Crippen molar-refractivity contribution < 1.29 is 23.5 Å². The van der Waals surface area contributed by atoms with Crippen LogP contribution in [0.15, 0.2) is 66.7 Å². The molecule has 2 atom stereocenters. The molecule has 0 unspecified atom stereocenters. The molecule has 182 valence electrons. The van der Waals surface area contributed by atoms with Gasteiger partial charge in [-0.1, -0.05) is 42.5 Å². The number of likely N-dealkylation sites (tertiary alicyclic amines) is 1. The Kier molecular flexibility index (Phi) is 7.34. The fourth-order valence-corrected chi connectivity index (χ4v) is 4.66. The van der Waals surface area contributed by atoms with E-state index in [1.54, 1.807) is 43.4 Å². The van der Waals surface area contributed by atoms with Crippen LogP contribution in [0, 0.1) is 18.7 Å². The summed E-state index contributed by atoms with van der Waals surface area (Å²) in [4.78, 5) is 28.5. The second-order valence-electron chi connectivity index (χ2n) is 8.67. The minimum atomic E-state index is -0.496. The van der Waals surface area contributed by atoms with Gasteiger partial charge < -0.3 is 19.7 Å². The van der Waals surface area contributed by atoms with Crippen molar-refractivity contribution in [3.05, 3.63) is 94.8 Å². The van der Waals surface area contributed by atoms with E-state index >= 15 is 0 Å². The van der Waals surface area contributed by atoms with Gasteiger partial charge in [0.15, 0.2) is 11.5 Å². The Hall–Kier alpha value is -3.87. The largest absolute Gasteiger partial charge is 0.493 e. The van der Waals surface area contributed by atoms with Crippen molar-refractivity contribution >= 4 is 11.8 Å². The molecule has 3 aromatic rings. The van der Waals surface area contributed by atoms with Gasteiger partial charge in [0.05, 0.1) is 20.1 Å². The quantitative estimate of drug-likeness (QED) is 0.552. The molecule has 1 fully saturated rings. The number of aryl methyl sites for hydroxylation is 1. The van der Waals surface area contributed by atoms with Crippen LogP contribution in [0.2, 0.25) is 0 Å². The lowest BCUT2D eigenvalue weighted by Gasteiger charge is -2.21. The second-order valence-corrected chi connectivity index (χ2v) is 8.67. The van der Waals surface area contributed by atoms with Gasteiger partial charge in [0, 0.05) is 36.7 Å². The summed E-state index contributed by atoms with van der Waals surface area (Å²) in [5.74, 6) is -0.272. The summed E-state index contributed by atoms with van der Waals surface area (Å²) in [7, 11) is 3.13. The first-order valence-electron chi connectivity index (χ1n) is 11.5. The average molecular weight is 477 g/mol. The molecule has 0 saturated carbocycles. The minimum Gasteiger partial charge on any atom is -0.493 e. The van der Waals surface area contributed by atoms with E-state index in [1.807, 2.05) is 37.3 Å². The molecular formula is C28H29FN2O4. The number of nitrogens with zero attached hydrogens (tertiary/aromatic N) is 1. The maximum absolute atomic E-state index is 13.4. The highest BCUT2D eigenvalue weighted by molar-refractivity contribution is 5.96. The Morgan fingerprint density at radius 1 is 0.971 bits per heavy atom. The van der Waals surface area contributed by atoms with E-state index in [0.717, 1.165) is 16.7 Å². The number of methoxy groups -OCH3 is 2. The summed E-state index contributed by atoms with van der Waals surface area (Å²) >= 11 is 0. The summed E-state index contributed by atoms with van der Waals surface area (Å²) in [6, 6.07) is 19.0. The second kappa shape index (κ2) is 10.6. The van der Waals surface area contributed by atoms with Crippen LogP contribution >= 0.6 is 0 Å². The number of ether oxygens (including phenoxy) is 2. The Labute approximate surface area is 204 Å². The van der Waals surface area contributed by atoms with Crippen molar-refractivity contribution in [3.8, 4) is 11.5 Å². The van der Waals surface area contributed by atoms with E-state index in [-0.39, 0.29) is 36.6 Å². The third kappa shape index (κ3) is 5.14. The van der Waals surface area contributed by atoms with Crippen LogP contribution in [0.25, 0.3) is 0 Å². The molecule has 1 saturated heterocycles. The smallest absolute Gasteiger partial charge is 0.254 e. The number of amides is 2. The molecule has 35 heavy (non-hydrogen) atoms.